The third-order valence-electron chi connectivity index (χ3n) is 4.16. The number of sulfonamides is 1. The maximum absolute atomic E-state index is 12.5. The third-order valence-corrected chi connectivity index (χ3v) is 6.92. The average Bonchev–Trinajstić information content (AvgIpc) is 2.58. The molecule has 1 amide bonds. The van der Waals surface area contributed by atoms with E-state index in [1.54, 1.807) is 24.3 Å². The van der Waals surface area contributed by atoms with Gasteiger partial charge in [0, 0.05) is 22.3 Å². The summed E-state index contributed by atoms with van der Waals surface area (Å²) in [5.41, 5.74) is 2.69. The first-order valence-electron chi connectivity index (χ1n) is 8.05. The maximum Gasteiger partial charge on any atom is 0.255 e. The van der Waals surface area contributed by atoms with E-state index in [1.807, 2.05) is 25.1 Å². The summed E-state index contributed by atoms with van der Waals surface area (Å²) < 4.78 is 26.9. The zero-order chi connectivity index (χ0) is 18.0. The van der Waals surface area contributed by atoms with Crippen molar-refractivity contribution >= 4 is 43.2 Å². The summed E-state index contributed by atoms with van der Waals surface area (Å²) >= 11 is 3.43. The second-order valence-corrected chi connectivity index (χ2v) is 8.93. The lowest BCUT2D eigenvalue weighted by molar-refractivity contribution is 0.102. The van der Waals surface area contributed by atoms with Gasteiger partial charge in [-0.15, -0.1) is 0 Å². The van der Waals surface area contributed by atoms with E-state index in [9.17, 15) is 13.2 Å². The van der Waals surface area contributed by atoms with Crippen molar-refractivity contribution < 1.29 is 13.2 Å². The van der Waals surface area contributed by atoms with Crippen LogP contribution >= 0.6 is 15.9 Å². The van der Waals surface area contributed by atoms with Crippen LogP contribution in [0.5, 0.6) is 0 Å². The van der Waals surface area contributed by atoms with Crippen molar-refractivity contribution in [2.75, 3.05) is 21.9 Å². The second kappa shape index (κ2) is 7.17. The standard InChI is InChI=1S/C18H19BrN2O3S/c1-13-11-15(7-8-17(13)19)20-18(22)14-5-4-6-16(12-14)21-9-2-3-10-25(21,23)24/h4-8,11-12H,2-3,9-10H2,1H3,(H,20,22). The first-order valence-corrected chi connectivity index (χ1v) is 10.4. The lowest BCUT2D eigenvalue weighted by Crippen LogP contribution is -2.37. The number of carbonyl (C=O) groups excluding carboxylic acids is 1. The maximum atomic E-state index is 12.5. The van der Waals surface area contributed by atoms with Crippen LogP contribution in [0.15, 0.2) is 46.9 Å². The first-order chi connectivity index (χ1) is 11.9. The zero-order valence-electron chi connectivity index (χ0n) is 13.8. The van der Waals surface area contributed by atoms with Crippen LogP contribution in [0.2, 0.25) is 0 Å². The van der Waals surface area contributed by atoms with Crippen molar-refractivity contribution in [2.24, 2.45) is 0 Å². The molecule has 1 heterocycles. The van der Waals surface area contributed by atoms with Crippen LogP contribution in [0, 0.1) is 6.92 Å². The fraction of sp³-hybridized carbons (Fsp3) is 0.278. The Bertz CT molecular complexity index is 912. The molecule has 1 fully saturated rings. The third kappa shape index (κ3) is 4.04. The first kappa shape index (κ1) is 17.9. The summed E-state index contributed by atoms with van der Waals surface area (Å²) in [7, 11) is -3.29. The Labute approximate surface area is 156 Å². The average molecular weight is 423 g/mol. The molecule has 1 N–H and O–H groups in total. The van der Waals surface area contributed by atoms with Crippen LogP contribution < -0.4 is 9.62 Å². The molecule has 5 nitrogen and oxygen atoms in total. The van der Waals surface area contributed by atoms with E-state index in [2.05, 4.69) is 21.2 Å². The second-order valence-electron chi connectivity index (χ2n) is 6.06. The molecule has 1 aliphatic rings. The van der Waals surface area contributed by atoms with Gasteiger partial charge in [-0.25, -0.2) is 8.42 Å². The van der Waals surface area contributed by atoms with Gasteiger partial charge in [-0.1, -0.05) is 22.0 Å². The molecule has 0 unspecified atom stereocenters. The molecule has 0 aliphatic carbocycles. The smallest absolute Gasteiger partial charge is 0.255 e. The number of nitrogens with zero attached hydrogens (tertiary/aromatic N) is 1. The van der Waals surface area contributed by atoms with E-state index in [-0.39, 0.29) is 11.7 Å². The molecule has 0 radical (unpaired) electrons. The topological polar surface area (TPSA) is 66.5 Å². The predicted molar refractivity (Wildman–Crippen MR) is 104 cm³/mol. The summed E-state index contributed by atoms with van der Waals surface area (Å²) in [6.45, 7) is 2.40. The number of benzene rings is 2. The van der Waals surface area contributed by atoms with E-state index >= 15 is 0 Å². The normalized spacial score (nSPS) is 16.5. The van der Waals surface area contributed by atoms with E-state index in [1.165, 1.54) is 4.31 Å². The van der Waals surface area contributed by atoms with E-state index < -0.39 is 10.0 Å². The van der Waals surface area contributed by atoms with Gasteiger partial charge in [-0.3, -0.25) is 9.10 Å². The summed E-state index contributed by atoms with van der Waals surface area (Å²) in [4.78, 5) is 12.5. The number of hydrogen-bond acceptors (Lipinski definition) is 3. The van der Waals surface area contributed by atoms with Crippen LogP contribution in [-0.2, 0) is 10.0 Å². The lowest BCUT2D eigenvalue weighted by Gasteiger charge is -2.28. The van der Waals surface area contributed by atoms with Gasteiger partial charge in [-0.05, 0) is 61.7 Å². The number of amides is 1. The van der Waals surface area contributed by atoms with Gasteiger partial charge < -0.3 is 5.32 Å². The molecular weight excluding hydrogens is 404 g/mol. The van der Waals surface area contributed by atoms with Crippen LogP contribution in [0.25, 0.3) is 0 Å². The highest BCUT2D eigenvalue weighted by Gasteiger charge is 2.26. The monoisotopic (exact) mass is 422 g/mol. The van der Waals surface area contributed by atoms with Gasteiger partial charge in [0.25, 0.3) is 5.91 Å². The minimum Gasteiger partial charge on any atom is -0.322 e. The Morgan fingerprint density at radius 2 is 1.96 bits per heavy atom. The predicted octanol–water partition coefficient (Wildman–Crippen LogP) is 3.94. The van der Waals surface area contributed by atoms with Crippen molar-refractivity contribution in [2.45, 2.75) is 19.8 Å². The van der Waals surface area contributed by atoms with Gasteiger partial charge >= 0.3 is 0 Å². The number of aryl methyl sites for hydroxylation is 1. The molecule has 0 saturated carbocycles. The Kier molecular flexibility index (Phi) is 5.15. The van der Waals surface area contributed by atoms with Crippen molar-refractivity contribution in [1.29, 1.82) is 0 Å². The molecule has 1 saturated heterocycles. The summed E-state index contributed by atoms with van der Waals surface area (Å²) in [6, 6.07) is 12.3. The van der Waals surface area contributed by atoms with E-state index in [0.29, 0.717) is 29.9 Å². The molecule has 0 spiro atoms. The number of halogens is 1. The minimum absolute atomic E-state index is 0.154. The molecule has 132 valence electrons. The quantitative estimate of drug-likeness (QED) is 0.814. The van der Waals surface area contributed by atoms with Gasteiger partial charge in [0.05, 0.1) is 11.4 Å². The highest BCUT2D eigenvalue weighted by molar-refractivity contribution is 9.10. The summed E-state index contributed by atoms with van der Waals surface area (Å²) in [5.74, 6) is -0.111. The van der Waals surface area contributed by atoms with Gasteiger partial charge in [0.15, 0.2) is 0 Å². The SMILES string of the molecule is Cc1cc(NC(=O)c2cccc(N3CCCCS3(=O)=O)c2)ccc1Br. The molecule has 0 aromatic heterocycles. The molecule has 3 rings (SSSR count). The van der Waals surface area contributed by atoms with Gasteiger partial charge in [0.1, 0.15) is 0 Å². The largest absolute Gasteiger partial charge is 0.322 e. The zero-order valence-corrected chi connectivity index (χ0v) is 16.2. The van der Waals surface area contributed by atoms with Crippen LogP contribution in [0.1, 0.15) is 28.8 Å². The molecule has 25 heavy (non-hydrogen) atoms. The Morgan fingerprint density at radius 3 is 2.68 bits per heavy atom. The number of nitrogens with one attached hydrogen (secondary N) is 1. The van der Waals surface area contributed by atoms with Crippen molar-refractivity contribution in [3.05, 3.63) is 58.1 Å². The van der Waals surface area contributed by atoms with Crippen molar-refractivity contribution in [1.82, 2.24) is 0 Å². The van der Waals surface area contributed by atoms with Crippen molar-refractivity contribution in [3.63, 3.8) is 0 Å². The van der Waals surface area contributed by atoms with Crippen molar-refractivity contribution in [3.8, 4) is 0 Å². The lowest BCUT2D eigenvalue weighted by atomic mass is 10.1. The van der Waals surface area contributed by atoms with Gasteiger partial charge in [0.2, 0.25) is 10.0 Å². The summed E-state index contributed by atoms with van der Waals surface area (Å²) in [5, 5.41) is 2.85. The summed E-state index contributed by atoms with van der Waals surface area (Å²) in [6.07, 6.45) is 1.51. The Hall–Kier alpha value is -1.86. The molecule has 1 aliphatic heterocycles. The highest BCUT2D eigenvalue weighted by atomic mass is 79.9. The fourth-order valence-electron chi connectivity index (χ4n) is 2.81. The van der Waals surface area contributed by atoms with Crippen LogP contribution in [0.4, 0.5) is 11.4 Å². The number of rotatable bonds is 3. The highest BCUT2D eigenvalue weighted by Crippen LogP contribution is 2.25. The number of carbonyl (C=O) groups is 1. The fourth-order valence-corrected chi connectivity index (χ4v) is 4.68. The molecule has 0 atom stereocenters. The molecular formula is C18H19BrN2O3S. The van der Waals surface area contributed by atoms with Crippen LogP contribution in [0.3, 0.4) is 0 Å². The number of hydrogen-bond donors (Lipinski definition) is 1. The van der Waals surface area contributed by atoms with Gasteiger partial charge in [-0.2, -0.15) is 0 Å². The molecule has 7 heteroatoms. The minimum atomic E-state index is -3.29. The van der Waals surface area contributed by atoms with E-state index in [4.69, 9.17) is 0 Å². The Balaban J connectivity index is 1.83. The molecule has 2 aromatic carbocycles. The molecule has 2 aromatic rings. The number of anilines is 2. The molecule has 0 bridgehead atoms. The van der Waals surface area contributed by atoms with Crippen LogP contribution in [-0.4, -0.2) is 26.6 Å². The Morgan fingerprint density at radius 1 is 1.16 bits per heavy atom. The van der Waals surface area contributed by atoms with E-state index in [0.717, 1.165) is 16.5 Å².